The molecule has 0 nitrogen and oxygen atoms in total. The number of rotatable bonds is 1. The second-order valence-corrected chi connectivity index (χ2v) is 3.74. The first-order valence-electron chi connectivity index (χ1n) is 4.18. The topological polar surface area (TPSA) is 0 Å². The van der Waals surface area contributed by atoms with E-state index >= 15 is 0 Å². The van der Waals surface area contributed by atoms with Crippen LogP contribution in [0, 0.1) is 11.3 Å². The van der Waals surface area contributed by atoms with Crippen molar-refractivity contribution >= 4 is 0 Å². The van der Waals surface area contributed by atoms with Gasteiger partial charge in [-0.2, -0.15) is 0 Å². The first-order chi connectivity index (χ1) is 5.49. The molecule has 0 aromatic heterocycles. The molecule has 0 fully saturated rings. The number of halogens is 2. The van der Waals surface area contributed by atoms with Gasteiger partial charge >= 0.3 is 0 Å². The van der Waals surface area contributed by atoms with Crippen LogP contribution in [0.25, 0.3) is 0 Å². The quantitative estimate of drug-likeness (QED) is 0.568. The molecule has 1 aliphatic rings. The molecule has 0 aromatic rings. The largest absolute Gasteiger partial charge is 0.242 e. The Morgan fingerprint density at radius 1 is 1.50 bits per heavy atom. The molecule has 0 radical (unpaired) electrons. The maximum absolute atomic E-state index is 13.4. The van der Waals surface area contributed by atoms with E-state index in [1.807, 2.05) is 13.8 Å². The van der Waals surface area contributed by atoms with Crippen LogP contribution in [0.15, 0.2) is 24.1 Å². The van der Waals surface area contributed by atoms with Gasteiger partial charge in [-0.3, -0.25) is 0 Å². The maximum atomic E-state index is 13.4. The Bertz CT molecular complexity index is 228. The highest BCUT2D eigenvalue weighted by Gasteiger charge is 2.41. The Morgan fingerprint density at radius 3 is 2.42 bits per heavy atom. The van der Waals surface area contributed by atoms with Crippen LogP contribution in [0.1, 0.15) is 20.8 Å². The predicted molar refractivity (Wildman–Crippen MR) is 46.2 cm³/mol. The Labute approximate surface area is 72.0 Å². The first-order valence-corrected chi connectivity index (χ1v) is 4.18. The molecule has 0 aromatic carbocycles. The molecular weight excluding hydrogens is 158 g/mol. The van der Waals surface area contributed by atoms with Gasteiger partial charge in [-0.25, -0.2) is 8.78 Å². The van der Waals surface area contributed by atoms with Crippen molar-refractivity contribution in [3.8, 4) is 0 Å². The van der Waals surface area contributed by atoms with Gasteiger partial charge < -0.3 is 0 Å². The van der Waals surface area contributed by atoms with E-state index in [9.17, 15) is 8.78 Å². The van der Waals surface area contributed by atoms with E-state index in [2.05, 4.69) is 0 Å². The fourth-order valence-electron chi connectivity index (χ4n) is 1.34. The molecule has 0 aliphatic heterocycles. The van der Waals surface area contributed by atoms with Crippen molar-refractivity contribution in [2.24, 2.45) is 11.3 Å². The Morgan fingerprint density at radius 2 is 2.08 bits per heavy atom. The summed E-state index contributed by atoms with van der Waals surface area (Å²) in [5.41, 5.74) is -0.964. The van der Waals surface area contributed by atoms with Gasteiger partial charge in [-0.15, -0.1) is 0 Å². The van der Waals surface area contributed by atoms with E-state index in [0.717, 1.165) is 0 Å². The van der Waals surface area contributed by atoms with Gasteiger partial charge in [-0.05, 0) is 25.0 Å². The average Bonchev–Trinajstić information content (AvgIpc) is 1.99. The second kappa shape index (κ2) is 3.00. The predicted octanol–water partition coefficient (Wildman–Crippen LogP) is 3.41. The van der Waals surface area contributed by atoms with E-state index in [0.29, 0.717) is 0 Å². The zero-order chi connectivity index (χ0) is 9.35. The second-order valence-electron chi connectivity index (χ2n) is 3.74. The first kappa shape index (κ1) is 9.43. The van der Waals surface area contributed by atoms with Crippen molar-refractivity contribution < 1.29 is 8.78 Å². The van der Waals surface area contributed by atoms with Crippen molar-refractivity contribution in [1.82, 2.24) is 0 Å². The van der Waals surface area contributed by atoms with Crippen LogP contribution in [0.2, 0.25) is 0 Å². The number of hydrogen-bond acceptors (Lipinski definition) is 0. The number of allylic oxidation sites excluding steroid dienone is 4. The van der Waals surface area contributed by atoms with Gasteiger partial charge in [0.2, 0.25) is 0 Å². The molecule has 2 atom stereocenters. The molecule has 0 saturated carbocycles. The van der Waals surface area contributed by atoms with Crippen LogP contribution in [-0.4, -0.2) is 6.17 Å². The maximum Gasteiger partial charge on any atom is 0.130 e. The lowest BCUT2D eigenvalue weighted by Gasteiger charge is -2.35. The van der Waals surface area contributed by atoms with Crippen LogP contribution < -0.4 is 0 Å². The van der Waals surface area contributed by atoms with E-state index < -0.39 is 11.6 Å². The summed E-state index contributed by atoms with van der Waals surface area (Å²) >= 11 is 0. The molecule has 0 spiro atoms. The van der Waals surface area contributed by atoms with E-state index in [4.69, 9.17) is 0 Å². The zero-order valence-corrected chi connectivity index (χ0v) is 7.64. The fourth-order valence-corrected chi connectivity index (χ4v) is 1.34. The molecule has 0 heterocycles. The van der Waals surface area contributed by atoms with Gasteiger partial charge in [0.05, 0.1) is 5.41 Å². The van der Waals surface area contributed by atoms with Crippen LogP contribution in [0.3, 0.4) is 0 Å². The van der Waals surface area contributed by atoms with Gasteiger partial charge in [0, 0.05) is 0 Å². The van der Waals surface area contributed by atoms with E-state index in [-0.39, 0.29) is 11.7 Å². The minimum Gasteiger partial charge on any atom is -0.242 e. The highest BCUT2D eigenvalue weighted by Crippen LogP contribution is 2.43. The third-order valence-corrected chi connectivity index (χ3v) is 2.81. The number of hydrogen-bond donors (Lipinski definition) is 0. The lowest BCUT2D eigenvalue weighted by Crippen LogP contribution is -2.35. The molecule has 2 unspecified atom stereocenters. The SMILES string of the molecule is CC(C)C1(C)C(F)=CC=CC1F. The van der Waals surface area contributed by atoms with Crippen molar-refractivity contribution in [2.45, 2.75) is 26.9 Å². The normalized spacial score (nSPS) is 35.5. The van der Waals surface area contributed by atoms with Crippen molar-refractivity contribution in [3.05, 3.63) is 24.1 Å². The lowest BCUT2D eigenvalue weighted by molar-refractivity contribution is 0.115. The van der Waals surface area contributed by atoms with Gasteiger partial charge in [-0.1, -0.05) is 19.9 Å². The van der Waals surface area contributed by atoms with Crippen molar-refractivity contribution in [3.63, 3.8) is 0 Å². The van der Waals surface area contributed by atoms with Crippen LogP contribution >= 0.6 is 0 Å². The monoisotopic (exact) mass is 172 g/mol. The van der Waals surface area contributed by atoms with Crippen LogP contribution in [0.4, 0.5) is 8.78 Å². The van der Waals surface area contributed by atoms with Gasteiger partial charge in [0.1, 0.15) is 12.0 Å². The Balaban J connectivity index is 3.02. The minimum atomic E-state index is -1.21. The third kappa shape index (κ3) is 1.19. The summed E-state index contributed by atoms with van der Waals surface area (Å²) < 4.78 is 26.7. The summed E-state index contributed by atoms with van der Waals surface area (Å²) in [5, 5.41) is 0. The summed E-state index contributed by atoms with van der Waals surface area (Å²) in [6.45, 7) is 5.29. The van der Waals surface area contributed by atoms with Crippen LogP contribution in [0.5, 0.6) is 0 Å². The molecule has 1 aliphatic carbocycles. The minimum absolute atomic E-state index is 0.0336. The molecule has 0 amide bonds. The highest BCUT2D eigenvalue weighted by atomic mass is 19.1. The summed E-state index contributed by atoms with van der Waals surface area (Å²) in [5.74, 6) is -0.388. The number of alkyl halides is 1. The van der Waals surface area contributed by atoms with Gasteiger partial charge in [0.25, 0.3) is 0 Å². The van der Waals surface area contributed by atoms with Crippen LogP contribution in [-0.2, 0) is 0 Å². The van der Waals surface area contributed by atoms with Crippen molar-refractivity contribution in [2.75, 3.05) is 0 Å². The lowest BCUT2D eigenvalue weighted by atomic mass is 9.72. The summed E-state index contributed by atoms with van der Waals surface area (Å²) in [6.07, 6.45) is 2.98. The molecule has 0 N–H and O–H groups in total. The average molecular weight is 172 g/mol. The summed E-state index contributed by atoms with van der Waals surface area (Å²) in [6, 6.07) is 0. The molecule has 1 rings (SSSR count). The highest BCUT2D eigenvalue weighted by molar-refractivity contribution is 5.25. The molecular formula is C10H14F2. The Kier molecular flexibility index (Phi) is 2.36. The fraction of sp³-hybridized carbons (Fsp3) is 0.600. The molecule has 2 heteroatoms. The van der Waals surface area contributed by atoms with E-state index in [1.54, 1.807) is 6.92 Å². The molecule has 0 saturated heterocycles. The third-order valence-electron chi connectivity index (χ3n) is 2.81. The zero-order valence-electron chi connectivity index (χ0n) is 7.64. The van der Waals surface area contributed by atoms with E-state index in [1.165, 1.54) is 18.2 Å². The Hall–Kier alpha value is -0.660. The molecule has 12 heavy (non-hydrogen) atoms. The molecule has 68 valence electrons. The standard InChI is InChI=1S/C10H14F2/c1-7(2)10(3)8(11)5-4-6-9(10)12/h4-8H,1-3H3. The van der Waals surface area contributed by atoms with Crippen molar-refractivity contribution in [1.29, 1.82) is 0 Å². The summed E-state index contributed by atoms with van der Waals surface area (Å²) in [7, 11) is 0. The summed E-state index contributed by atoms with van der Waals surface area (Å²) in [4.78, 5) is 0. The van der Waals surface area contributed by atoms with Gasteiger partial charge in [0.15, 0.2) is 0 Å². The smallest absolute Gasteiger partial charge is 0.130 e. The molecule has 0 bridgehead atoms.